The van der Waals surface area contributed by atoms with E-state index in [-0.39, 0.29) is 0 Å². The van der Waals surface area contributed by atoms with Gasteiger partial charge in [0.15, 0.2) is 0 Å². The van der Waals surface area contributed by atoms with Gasteiger partial charge < -0.3 is 10.1 Å². The van der Waals surface area contributed by atoms with E-state index in [1.807, 2.05) is 4.68 Å². The molecule has 1 aliphatic heterocycles. The standard InChI is InChI=1S/C12H22N4O/c1-3-6-13-7-12-14-9-15-16(12)8-11-5-4-10(2)17-11/h9-11,13H,3-8H2,1-2H3. The molecule has 1 aliphatic rings. The summed E-state index contributed by atoms with van der Waals surface area (Å²) in [5.41, 5.74) is 0. The van der Waals surface area contributed by atoms with Gasteiger partial charge in [-0.15, -0.1) is 0 Å². The molecule has 0 saturated carbocycles. The zero-order chi connectivity index (χ0) is 12.1. The van der Waals surface area contributed by atoms with Crippen molar-refractivity contribution in [3.05, 3.63) is 12.2 Å². The van der Waals surface area contributed by atoms with E-state index in [9.17, 15) is 0 Å². The summed E-state index contributed by atoms with van der Waals surface area (Å²) in [6, 6.07) is 0. The van der Waals surface area contributed by atoms with Crippen LogP contribution in [0.2, 0.25) is 0 Å². The van der Waals surface area contributed by atoms with Gasteiger partial charge in [-0.3, -0.25) is 0 Å². The summed E-state index contributed by atoms with van der Waals surface area (Å²) in [5, 5.41) is 7.62. The summed E-state index contributed by atoms with van der Waals surface area (Å²) in [6.45, 7) is 6.92. The van der Waals surface area contributed by atoms with Crippen LogP contribution >= 0.6 is 0 Å². The average molecular weight is 238 g/mol. The minimum Gasteiger partial charge on any atom is -0.373 e. The molecule has 96 valence electrons. The molecule has 0 radical (unpaired) electrons. The lowest BCUT2D eigenvalue weighted by Crippen LogP contribution is -2.23. The second kappa shape index (κ2) is 6.12. The molecule has 1 fully saturated rings. The first-order valence-corrected chi connectivity index (χ1v) is 6.52. The van der Waals surface area contributed by atoms with Crippen LogP contribution in [0.3, 0.4) is 0 Å². The largest absolute Gasteiger partial charge is 0.373 e. The Labute approximate surface area is 103 Å². The highest BCUT2D eigenvalue weighted by molar-refractivity contribution is 4.85. The summed E-state index contributed by atoms with van der Waals surface area (Å²) >= 11 is 0. The maximum Gasteiger partial charge on any atom is 0.140 e. The van der Waals surface area contributed by atoms with Crippen molar-refractivity contribution in [3.63, 3.8) is 0 Å². The maximum absolute atomic E-state index is 5.81. The van der Waals surface area contributed by atoms with E-state index in [1.165, 1.54) is 0 Å². The van der Waals surface area contributed by atoms with Crippen molar-refractivity contribution in [1.82, 2.24) is 20.1 Å². The Hall–Kier alpha value is -0.940. The van der Waals surface area contributed by atoms with Crippen molar-refractivity contribution in [2.24, 2.45) is 0 Å². The lowest BCUT2D eigenvalue weighted by Gasteiger charge is -2.12. The van der Waals surface area contributed by atoms with E-state index in [0.29, 0.717) is 12.2 Å². The van der Waals surface area contributed by atoms with Gasteiger partial charge in [-0.05, 0) is 32.7 Å². The van der Waals surface area contributed by atoms with Crippen LogP contribution in [0.25, 0.3) is 0 Å². The molecule has 1 N–H and O–H groups in total. The van der Waals surface area contributed by atoms with Gasteiger partial charge in [-0.1, -0.05) is 6.92 Å². The van der Waals surface area contributed by atoms with E-state index in [4.69, 9.17) is 4.74 Å². The molecule has 0 bridgehead atoms. The monoisotopic (exact) mass is 238 g/mol. The van der Waals surface area contributed by atoms with Gasteiger partial charge >= 0.3 is 0 Å². The van der Waals surface area contributed by atoms with Gasteiger partial charge in [0.05, 0.1) is 25.3 Å². The molecule has 0 amide bonds. The first kappa shape index (κ1) is 12.5. The fourth-order valence-electron chi connectivity index (χ4n) is 2.17. The molecule has 1 aromatic rings. The van der Waals surface area contributed by atoms with Crippen LogP contribution in [-0.4, -0.2) is 33.5 Å². The highest BCUT2D eigenvalue weighted by atomic mass is 16.5. The molecular formula is C12H22N4O. The first-order chi connectivity index (χ1) is 8.29. The Morgan fingerprint density at radius 3 is 3.12 bits per heavy atom. The predicted molar refractivity (Wildman–Crippen MR) is 65.6 cm³/mol. The summed E-state index contributed by atoms with van der Waals surface area (Å²) in [6.07, 6.45) is 5.74. The van der Waals surface area contributed by atoms with E-state index in [2.05, 4.69) is 29.2 Å². The Bertz CT molecular complexity index is 339. The van der Waals surface area contributed by atoms with Crippen molar-refractivity contribution >= 4 is 0 Å². The van der Waals surface area contributed by atoms with Gasteiger partial charge in [0.2, 0.25) is 0 Å². The Morgan fingerprint density at radius 2 is 2.41 bits per heavy atom. The molecule has 2 rings (SSSR count). The smallest absolute Gasteiger partial charge is 0.140 e. The predicted octanol–water partition coefficient (Wildman–Crippen LogP) is 1.35. The molecule has 0 aliphatic carbocycles. The molecule has 2 unspecified atom stereocenters. The number of nitrogens with zero attached hydrogens (tertiary/aromatic N) is 3. The van der Waals surface area contributed by atoms with Gasteiger partial charge in [-0.2, -0.15) is 5.10 Å². The third-order valence-corrected chi connectivity index (χ3v) is 3.10. The van der Waals surface area contributed by atoms with Crippen LogP contribution in [0.15, 0.2) is 6.33 Å². The van der Waals surface area contributed by atoms with Crippen molar-refractivity contribution < 1.29 is 4.74 Å². The SMILES string of the molecule is CCCNCc1ncnn1CC1CCC(C)O1. The van der Waals surface area contributed by atoms with Gasteiger partial charge in [0.25, 0.3) is 0 Å². The van der Waals surface area contributed by atoms with E-state index in [0.717, 1.165) is 44.7 Å². The lowest BCUT2D eigenvalue weighted by atomic mass is 10.2. The van der Waals surface area contributed by atoms with Crippen molar-refractivity contribution in [2.45, 2.75) is 58.4 Å². The fourth-order valence-corrected chi connectivity index (χ4v) is 2.17. The van der Waals surface area contributed by atoms with Gasteiger partial charge in [-0.25, -0.2) is 9.67 Å². The number of rotatable bonds is 6. The molecule has 0 spiro atoms. The lowest BCUT2D eigenvalue weighted by molar-refractivity contribution is 0.0430. The Morgan fingerprint density at radius 1 is 1.53 bits per heavy atom. The van der Waals surface area contributed by atoms with Crippen molar-refractivity contribution in [3.8, 4) is 0 Å². The number of ether oxygens (including phenoxy) is 1. The molecule has 2 heterocycles. The van der Waals surface area contributed by atoms with Crippen molar-refractivity contribution in [1.29, 1.82) is 0 Å². The molecule has 17 heavy (non-hydrogen) atoms. The van der Waals surface area contributed by atoms with Crippen LogP contribution in [0, 0.1) is 0 Å². The summed E-state index contributed by atoms with van der Waals surface area (Å²) < 4.78 is 7.77. The van der Waals surface area contributed by atoms with Crippen LogP contribution in [-0.2, 0) is 17.8 Å². The minimum atomic E-state index is 0.302. The van der Waals surface area contributed by atoms with Crippen molar-refractivity contribution in [2.75, 3.05) is 6.54 Å². The Balaban J connectivity index is 1.85. The van der Waals surface area contributed by atoms with E-state index >= 15 is 0 Å². The minimum absolute atomic E-state index is 0.302. The van der Waals surface area contributed by atoms with Crippen LogP contribution in [0.5, 0.6) is 0 Å². The zero-order valence-electron chi connectivity index (χ0n) is 10.7. The molecular weight excluding hydrogens is 216 g/mol. The van der Waals surface area contributed by atoms with Gasteiger partial charge in [0, 0.05) is 0 Å². The topological polar surface area (TPSA) is 52.0 Å². The fraction of sp³-hybridized carbons (Fsp3) is 0.833. The van der Waals surface area contributed by atoms with Gasteiger partial charge in [0.1, 0.15) is 12.2 Å². The first-order valence-electron chi connectivity index (χ1n) is 6.52. The third kappa shape index (κ3) is 3.51. The number of hydrogen-bond donors (Lipinski definition) is 1. The maximum atomic E-state index is 5.81. The number of nitrogens with one attached hydrogen (secondary N) is 1. The average Bonchev–Trinajstić information content (AvgIpc) is 2.90. The second-order valence-corrected chi connectivity index (χ2v) is 4.68. The molecule has 1 saturated heterocycles. The van der Waals surface area contributed by atoms with Crippen LogP contribution in [0.1, 0.15) is 38.9 Å². The molecule has 0 aromatic carbocycles. The highest BCUT2D eigenvalue weighted by Crippen LogP contribution is 2.20. The zero-order valence-corrected chi connectivity index (χ0v) is 10.7. The van der Waals surface area contributed by atoms with E-state index in [1.54, 1.807) is 6.33 Å². The quantitative estimate of drug-likeness (QED) is 0.760. The second-order valence-electron chi connectivity index (χ2n) is 4.68. The van der Waals surface area contributed by atoms with E-state index < -0.39 is 0 Å². The molecule has 2 atom stereocenters. The third-order valence-electron chi connectivity index (χ3n) is 3.10. The van der Waals surface area contributed by atoms with Crippen LogP contribution in [0.4, 0.5) is 0 Å². The summed E-state index contributed by atoms with van der Waals surface area (Å²) in [7, 11) is 0. The summed E-state index contributed by atoms with van der Waals surface area (Å²) in [4.78, 5) is 4.28. The molecule has 5 nitrogen and oxygen atoms in total. The molecule has 5 heteroatoms. The highest BCUT2D eigenvalue weighted by Gasteiger charge is 2.23. The van der Waals surface area contributed by atoms with Crippen LogP contribution < -0.4 is 5.32 Å². The number of aromatic nitrogens is 3. The normalized spacial score (nSPS) is 24.4. The summed E-state index contributed by atoms with van der Waals surface area (Å²) in [5.74, 6) is 1.00. The molecule has 1 aromatic heterocycles. The number of hydrogen-bond acceptors (Lipinski definition) is 4. The Kier molecular flexibility index (Phi) is 4.50.